The summed E-state index contributed by atoms with van der Waals surface area (Å²) in [5, 5.41) is 23.6. The molecule has 2 aromatic carbocycles. The van der Waals surface area contributed by atoms with Crippen LogP contribution in [0, 0.1) is 22.5 Å². The van der Waals surface area contributed by atoms with Gasteiger partial charge in [-0.1, -0.05) is 6.07 Å². The first kappa shape index (κ1) is 26.4. The number of nitrogens with one attached hydrogen (secondary N) is 2. The lowest BCUT2D eigenvalue weighted by Crippen LogP contribution is -2.40. The molecule has 0 fully saturated rings. The van der Waals surface area contributed by atoms with Gasteiger partial charge in [-0.2, -0.15) is 23.7 Å². The third-order valence-electron chi connectivity index (χ3n) is 4.84. The van der Waals surface area contributed by atoms with Crippen LogP contribution < -0.4 is 5.49 Å². The summed E-state index contributed by atoms with van der Waals surface area (Å²) in [4.78, 5) is 12.8. The highest BCUT2D eigenvalue weighted by molar-refractivity contribution is 5.90. The normalized spacial score (nSPS) is 11.4. The maximum atomic E-state index is 15.2. The van der Waals surface area contributed by atoms with Crippen LogP contribution in [0.5, 0.6) is 0 Å². The van der Waals surface area contributed by atoms with Crippen LogP contribution in [0.15, 0.2) is 48.7 Å². The van der Waals surface area contributed by atoms with Crippen LogP contribution in [-0.2, 0) is 13.0 Å². The minimum atomic E-state index is -4.15. The number of hydrogen-bond acceptors (Lipinski definition) is 6. The van der Waals surface area contributed by atoms with Gasteiger partial charge >= 0.3 is 5.92 Å². The molecule has 0 spiro atoms. The molecular formula is C24H23F4N7O. The molecule has 2 aromatic heterocycles. The summed E-state index contributed by atoms with van der Waals surface area (Å²) in [6.45, 7) is 0. The molecule has 12 heteroatoms. The maximum Gasteiger partial charge on any atom is 0.334 e. The third kappa shape index (κ3) is 5.23. The van der Waals surface area contributed by atoms with E-state index in [0.717, 1.165) is 18.2 Å². The quantitative estimate of drug-likeness (QED) is 0.192. The number of halogens is 4. The molecule has 2 N–H and O–H groups in total. The fourth-order valence-electron chi connectivity index (χ4n) is 3.21. The van der Waals surface area contributed by atoms with Crippen LogP contribution in [0.2, 0.25) is 0 Å². The molecule has 188 valence electrons. The van der Waals surface area contributed by atoms with Crippen molar-refractivity contribution >= 4 is 23.0 Å². The second kappa shape index (κ2) is 10.2. The number of carbonyl (C=O) groups excluding carboxylic acids is 1. The van der Waals surface area contributed by atoms with Gasteiger partial charge in [-0.3, -0.25) is 20.3 Å². The van der Waals surface area contributed by atoms with Crippen molar-refractivity contribution in [2.45, 2.75) is 5.92 Å². The van der Waals surface area contributed by atoms with E-state index in [1.807, 2.05) is 26.0 Å². The Morgan fingerprint density at radius 1 is 1.06 bits per heavy atom. The monoisotopic (exact) mass is 501 g/mol. The van der Waals surface area contributed by atoms with E-state index in [4.69, 9.17) is 10.8 Å². The van der Waals surface area contributed by atoms with Crippen LogP contribution >= 0.6 is 0 Å². The molecule has 8 nitrogen and oxygen atoms in total. The second-order valence-electron chi connectivity index (χ2n) is 8.30. The highest BCUT2D eigenvalue weighted by Gasteiger charge is 2.42. The minimum absolute atomic E-state index is 0.0268. The first-order chi connectivity index (χ1) is 16.9. The Kier molecular flexibility index (Phi) is 7.48. The topological polar surface area (TPSA) is 104 Å². The van der Waals surface area contributed by atoms with E-state index < -0.39 is 34.4 Å². The molecule has 0 unspecified atom stereocenters. The molecule has 0 amide bonds. The number of aryl methyl sites for hydroxylation is 1. The molecule has 4 rings (SSSR count). The lowest BCUT2D eigenvalue weighted by Gasteiger charge is -2.20. The van der Waals surface area contributed by atoms with Crippen molar-refractivity contribution in [3.05, 3.63) is 76.9 Å². The molecule has 0 bridgehead atoms. The van der Waals surface area contributed by atoms with E-state index in [1.54, 1.807) is 0 Å². The number of nitrogens with zero attached hydrogens (tertiary/aromatic N) is 5. The highest BCUT2D eigenvalue weighted by atomic mass is 19.3. The fourth-order valence-corrected chi connectivity index (χ4v) is 3.21. The molecule has 0 aliphatic rings. The number of aldehydes is 1. The average molecular weight is 501 g/mol. The standard InChI is InChI=1S/C21H14F4N6O.C3H9N/c1-30-9-13-17(28-30)5-4-14(19(13)23)21(24,25)20(27)31-18(26)7-6-16(29-31)11-2-3-12(10-32)15(22)8-11;1-4(2)3/h2-10,26-27H,1H3;1-3H3. The van der Waals surface area contributed by atoms with E-state index in [0.29, 0.717) is 11.0 Å². The molecule has 0 aliphatic heterocycles. The predicted molar refractivity (Wildman–Crippen MR) is 126 cm³/mol. The van der Waals surface area contributed by atoms with Crippen LogP contribution in [0.4, 0.5) is 17.6 Å². The number of alkyl halides is 2. The van der Waals surface area contributed by atoms with Crippen LogP contribution in [0.3, 0.4) is 0 Å². The number of fused-ring (bicyclic) bond motifs is 1. The SMILES string of the molecule is CN(C)C.Cn1cc2c(F)c(C(F)(F)C(=N)n3nc(-c4ccc(C=O)c(F)c4)ccc3=N)ccc2n1. The van der Waals surface area contributed by atoms with Crippen LogP contribution in [0.1, 0.15) is 15.9 Å². The lowest BCUT2D eigenvalue weighted by atomic mass is 10.0. The van der Waals surface area contributed by atoms with Gasteiger partial charge in [0.2, 0.25) is 0 Å². The first-order valence-electron chi connectivity index (χ1n) is 10.5. The number of aromatic nitrogens is 4. The second-order valence-corrected chi connectivity index (χ2v) is 8.30. The van der Waals surface area contributed by atoms with Gasteiger partial charge in [0.15, 0.2) is 12.1 Å². The highest BCUT2D eigenvalue weighted by Crippen LogP contribution is 2.34. The van der Waals surface area contributed by atoms with E-state index in [-0.39, 0.29) is 27.7 Å². The van der Waals surface area contributed by atoms with Gasteiger partial charge in [-0.15, -0.1) is 0 Å². The smallest absolute Gasteiger partial charge is 0.312 e. The van der Waals surface area contributed by atoms with Gasteiger partial charge in [0.1, 0.15) is 17.1 Å². The Labute approximate surface area is 203 Å². The van der Waals surface area contributed by atoms with Crippen molar-refractivity contribution in [2.24, 2.45) is 7.05 Å². The van der Waals surface area contributed by atoms with Crippen molar-refractivity contribution in [2.75, 3.05) is 21.1 Å². The molecule has 4 aromatic rings. The van der Waals surface area contributed by atoms with E-state index in [2.05, 4.69) is 10.2 Å². The Hall–Kier alpha value is -4.19. The Balaban J connectivity index is 0.000000840. The summed E-state index contributed by atoms with van der Waals surface area (Å²) in [6, 6.07) is 7.94. The molecule has 0 radical (unpaired) electrons. The molecule has 36 heavy (non-hydrogen) atoms. The maximum absolute atomic E-state index is 15.2. The lowest BCUT2D eigenvalue weighted by molar-refractivity contribution is 0.0657. The summed E-state index contributed by atoms with van der Waals surface area (Å²) >= 11 is 0. The molecule has 0 atom stereocenters. The van der Waals surface area contributed by atoms with Gasteiger partial charge in [-0.25, -0.2) is 8.78 Å². The zero-order valence-electron chi connectivity index (χ0n) is 19.9. The van der Waals surface area contributed by atoms with Crippen molar-refractivity contribution in [3.8, 4) is 11.3 Å². The molecular weight excluding hydrogens is 478 g/mol. The number of benzene rings is 2. The zero-order valence-corrected chi connectivity index (χ0v) is 19.9. The number of carbonyl (C=O) groups is 1. The van der Waals surface area contributed by atoms with E-state index in [1.165, 1.54) is 42.2 Å². The van der Waals surface area contributed by atoms with E-state index in [9.17, 15) is 13.6 Å². The van der Waals surface area contributed by atoms with Gasteiger partial charge in [0.05, 0.1) is 27.7 Å². The predicted octanol–water partition coefficient (Wildman–Crippen LogP) is 3.80. The third-order valence-corrected chi connectivity index (χ3v) is 4.84. The van der Waals surface area contributed by atoms with Gasteiger partial charge in [-0.05, 0) is 57.5 Å². The van der Waals surface area contributed by atoms with Crippen molar-refractivity contribution < 1.29 is 22.4 Å². The summed E-state index contributed by atoms with van der Waals surface area (Å²) in [5.74, 6) is -7.68. The van der Waals surface area contributed by atoms with Gasteiger partial charge < -0.3 is 4.90 Å². The molecule has 0 aliphatic carbocycles. The average Bonchev–Trinajstić information content (AvgIpc) is 3.20. The molecule has 0 saturated heterocycles. The summed E-state index contributed by atoms with van der Waals surface area (Å²) in [7, 11) is 7.52. The first-order valence-corrected chi connectivity index (χ1v) is 10.5. The fraction of sp³-hybridized carbons (Fsp3) is 0.208. The zero-order chi connectivity index (χ0) is 26.8. The number of rotatable bonds is 4. The minimum Gasteiger partial charge on any atom is -0.312 e. The van der Waals surface area contributed by atoms with E-state index >= 15 is 8.78 Å². The van der Waals surface area contributed by atoms with Crippen molar-refractivity contribution in [1.29, 1.82) is 10.8 Å². The summed E-state index contributed by atoms with van der Waals surface area (Å²) < 4.78 is 60.7. The Morgan fingerprint density at radius 3 is 2.33 bits per heavy atom. The van der Waals surface area contributed by atoms with Crippen LogP contribution in [0.25, 0.3) is 22.2 Å². The summed E-state index contributed by atoms with van der Waals surface area (Å²) in [5.41, 5.74) is -1.54. The Morgan fingerprint density at radius 2 is 1.72 bits per heavy atom. The van der Waals surface area contributed by atoms with Crippen molar-refractivity contribution in [3.63, 3.8) is 0 Å². The van der Waals surface area contributed by atoms with Crippen LogP contribution in [-0.4, -0.2) is 57.7 Å². The van der Waals surface area contributed by atoms with Crippen molar-refractivity contribution in [1.82, 2.24) is 24.5 Å². The number of hydrogen-bond donors (Lipinski definition) is 2. The largest absolute Gasteiger partial charge is 0.334 e. The molecule has 0 saturated carbocycles. The Bertz CT molecular complexity index is 1510. The summed E-state index contributed by atoms with van der Waals surface area (Å²) in [6.07, 6.45) is 1.57. The van der Waals surface area contributed by atoms with Gasteiger partial charge in [0.25, 0.3) is 0 Å². The van der Waals surface area contributed by atoms with Gasteiger partial charge in [0, 0.05) is 18.8 Å². The molecule has 2 heterocycles.